The van der Waals surface area contributed by atoms with Crippen LogP contribution in [0.3, 0.4) is 0 Å². The first-order valence-electron chi connectivity index (χ1n) is 7.15. The van der Waals surface area contributed by atoms with Crippen molar-refractivity contribution in [2.45, 2.75) is 32.3 Å². The minimum Gasteiger partial charge on any atom is -0.368 e. The van der Waals surface area contributed by atoms with Gasteiger partial charge in [0.25, 0.3) is 5.91 Å². The van der Waals surface area contributed by atoms with Gasteiger partial charge in [-0.2, -0.15) is 0 Å². The maximum atomic E-state index is 12.2. The summed E-state index contributed by atoms with van der Waals surface area (Å²) in [7, 11) is 0. The molecule has 1 N–H and O–H groups in total. The van der Waals surface area contributed by atoms with E-state index in [9.17, 15) is 4.79 Å². The van der Waals surface area contributed by atoms with E-state index in [0.29, 0.717) is 0 Å². The molecule has 0 aromatic carbocycles. The van der Waals surface area contributed by atoms with Crippen molar-refractivity contribution in [2.75, 3.05) is 39.3 Å². The van der Waals surface area contributed by atoms with Crippen LogP contribution in [-0.4, -0.2) is 66.3 Å². The quantitative estimate of drug-likeness (QED) is 0.769. The monoisotopic (exact) mass is 285 g/mol. The second-order valence-electron chi connectivity index (χ2n) is 5.05. The van der Waals surface area contributed by atoms with Gasteiger partial charge in [0.05, 0.1) is 0 Å². The van der Waals surface area contributed by atoms with Crippen LogP contribution in [0.25, 0.3) is 0 Å². The van der Waals surface area contributed by atoms with Crippen LogP contribution in [0.5, 0.6) is 0 Å². The van der Waals surface area contributed by atoms with E-state index in [0.717, 1.165) is 63.7 Å². The van der Waals surface area contributed by atoms with Crippen LogP contribution < -0.4 is 5.32 Å². The number of thiocarbonyl (C=S) groups is 1. The van der Waals surface area contributed by atoms with Crippen molar-refractivity contribution < 1.29 is 9.53 Å². The number of ether oxygens (including phenoxy) is 1. The lowest BCUT2D eigenvalue weighted by Gasteiger charge is -2.37. The van der Waals surface area contributed by atoms with Crippen LogP contribution in [0, 0.1) is 0 Å². The van der Waals surface area contributed by atoms with Crippen LogP contribution >= 0.6 is 12.2 Å². The third kappa shape index (κ3) is 3.79. The molecule has 5 nitrogen and oxygen atoms in total. The number of hydrogen-bond donors (Lipinski definition) is 1. The Kier molecular flexibility index (Phi) is 5.39. The van der Waals surface area contributed by atoms with Gasteiger partial charge in [-0.15, -0.1) is 0 Å². The Labute approximate surface area is 120 Å². The van der Waals surface area contributed by atoms with E-state index in [-0.39, 0.29) is 12.0 Å². The number of amides is 1. The number of carbonyl (C=O) groups excluding carboxylic acids is 1. The molecular weight excluding hydrogens is 262 g/mol. The normalized spacial score (nSPS) is 23.5. The van der Waals surface area contributed by atoms with Gasteiger partial charge in [-0.1, -0.05) is 6.92 Å². The van der Waals surface area contributed by atoms with Crippen molar-refractivity contribution in [1.29, 1.82) is 0 Å². The highest BCUT2D eigenvalue weighted by Crippen LogP contribution is 2.16. The van der Waals surface area contributed by atoms with E-state index in [1.807, 2.05) is 4.90 Å². The first-order chi connectivity index (χ1) is 9.22. The summed E-state index contributed by atoms with van der Waals surface area (Å²) in [5.74, 6) is 0.157. The minimum atomic E-state index is -0.197. The molecule has 2 heterocycles. The first-order valence-corrected chi connectivity index (χ1v) is 7.56. The fourth-order valence-corrected chi connectivity index (χ4v) is 2.73. The molecular formula is C13H23N3O2S. The molecule has 2 saturated heterocycles. The van der Waals surface area contributed by atoms with Gasteiger partial charge in [-0.3, -0.25) is 4.79 Å². The Morgan fingerprint density at radius 2 is 2.00 bits per heavy atom. The molecule has 19 heavy (non-hydrogen) atoms. The number of rotatable bonds is 3. The largest absolute Gasteiger partial charge is 0.368 e. The summed E-state index contributed by atoms with van der Waals surface area (Å²) in [5, 5.41) is 4.04. The molecule has 1 atom stereocenters. The Hall–Kier alpha value is -0.880. The molecule has 6 heteroatoms. The van der Waals surface area contributed by atoms with Crippen LogP contribution in [-0.2, 0) is 9.53 Å². The average Bonchev–Trinajstić information content (AvgIpc) is 2.98. The zero-order valence-corrected chi connectivity index (χ0v) is 12.4. The van der Waals surface area contributed by atoms with Crippen molar-refractivity contribution in [3.63, 3.8) is 0 Å². The van der Waals surface area contributed by atoms with E-state index in [4.69, 9.17) is 17.0 Å². The summed E-state index contributed by atoms with van der Waals surface area (Å²) in [4.78, 5) is 16.2. The van der Waals surface area contributed by atoms with Crippen molar-refractivity contribution in [2.24, 2.45) is 0 Å². The molecule has 2 fully saturated rings. The molecule has 0 radical (unpaired) electrons. The number of nitrogens with one attached hydrogen (secondary N) is 1. The van der Waals surface area contributed by atoms with E-state index in [1.165, 1.54) is 0 Å². The SMILES string of the molecule is CCCNC(=S)N1CCN(C(=O)C2CCCO2)CC1. The number of carbonyl (C=O) groups is 1. The van der Waals surface area contributed by atoms with Gasteiger partial charge in [0, 0.05) is 39.3 Å². The van der Waals surface area contributed by atoms with Crippen molar-refractivity contribution in [3.8, 4) is 0 Å². The molecule has 0 bridgehead atoms. The lowest BCUT2D eigenvalue weighted by atomic mass is 10.2. The van der Waals surface area contributed by atoms with E-state index < -0.39 is 0 Å². The number of nitrogens with zero attached hydrogens (tertiary/aromatic N) is 2. The summed E-state index contributed by atoms with van der Waals surface area (Å²) in [6.07, 6.45) is 2.74. The molecule has 108 valence electrons. The lowest BCUT2D eigenvalue weighted by molar-refractivity contribution is -0.142. The zero-order valence-electron chi connectivity index (χ0n) is 11.6. The van der Waals surface area contributed by atoms with Crippen LogP contribution in [0.15, 0.2) is 0 Å². The molecule has 0 spiro atoms. The number of piperazine rings is 1. The van der Waals surface area contributed by atoms with Crippen LogP contribution in [0.2, 0.25) is 0 Å². The Balaban J connectivity index is 1.75. The highest BCUT2D eigenvalue weighted by Gasteiger charge is 2.30. The summed E-state index contributed by atoms with van der Waals surface area (Å²) in [6.45, 7) is 6.87. The van der Waals surface area contributed by atoms with Gasteiger partial charge >= 0.3 is 0 Å². The van der Waals surface area contributed by atoms with Gasteiger partial charge in [0.1, 0.15) is 6.10 Å². The van der Waals surface area contributed by atoms with Crippen molar-refractivity contribution >= 4 is 23.2 Å². The minimum absolute atomic E-state index is 0.157. The molecule has 1 amide bonds. The van der Waals surface area contributed by atoms with E-state index in [1.54, 1.807) is 0 Å². The second-order valence-corrected chi connectivity index (χ2v) is 5.43. The third-order valence-corrected chi connectivity index (χ3v) is 4.01. The maximum absolute atomic E-state index is 12.2. The summed E-state index contributed by atoms with van der Waals surface area (Å²) in [6, 6.07) is 0. The zero-order chi connectivity index (χ0) is 13.7. The van der Waals surface area contributed by atoms with Gasteiger partial charge in [0.2, 0.25) is 0 Å². The summed E-state index contributed by atoms with van der Waals surface area (Å²) < 4.78 is 5.45. The first kappa shape index (κ1) is 14.5. The molecule has 0 aromatic heterocycles. The van der Waals surface area contributed by atoms with Crippen LogP contribution in [0.4, 0.5) is 0 Å². The smallest absolute Gasteiger partial charge is 0.251 e. The van der Waals surface area contributed by atoms with Gasteiger partial charge in [0.15, 0.2) is 5.11 Å². The fraction of sp³-hybridized carbons (Fsp3) is 0.846. The van der Waals surface area contributed by atoms with Crippen LogP contribution in [0.1, 0.15) is 26.2 Å². The predicted octanol–water partition coefficient (Wildman–Crippen LogP) is 0.594. The van der Waals surface area contributed by atoms with Gasteiger partial charge in [-0.05, 0) is 31.5 Å². The topological polar surface area (TPSA) is 44.8 Å². The Bertz CT molecular complexity index is 324. The van der Waals surface area contributed by atoms with E-state index >= 15 is 0 Å². The molecule has 2 aliphatic heterocycles. The van der Waals surface area contributed by atoms with Gasteiger partial charge < -0.3 is 19.9 Å². The average molecular weight is 285 g/mol. The second kappa shape index (κ2) is 7.05. The standard InChI is InChI=1S/C13H23N3O2S/c1-2-5-14-13(19)16-8-6-15(7-9-16)12(17)11-4-3-10-18-11/h11H,2-10H2,1H3,(H,14,19). The highest BCUT2D eigenvalue weighted by atomic mass is 32.1. The summed E-state index contributed by atoms with van der Waals surface area (Å²) in [5.41, 5.74) is 0. The third-order valence-electron chi connectivity index (χ3n) is 3.61. The molecule has 1 unspecified atom stereocenters. The predicted molar refractivity (Wildman–Crippen MR) is 78.0 cm³/mol. The van der Waals surface area contributed by atoms with Gasteiger partial charge in [-0.25, -0.2) is 0 Å². The molecule has 0 saturated carbocycles. The molecule has 2 aliphatic rings. The fourth-order valence-electron chi connectivity index (χ4n) is 2.45. The van der Waals surface area contributed by atoms with Crippen molar-refractivity contribution in [3.05, 3.63) is 0 Å². The Morgan fingerprint density at radius 1 is 1.32 bits per heavy atom. The highest BCUT2D eigenvalue weighted by molar-refractivity contribution is 7.80. The maximum Gasteiger partial charge on any atom is 0.251 e. The molecule has 0 aliphatic carbocycles. The molecule has 2 rings (SSSR count). The van der Waals surface area contributed by atoms with Crippen molar-refractivity contribution in [1.82, 2.24) is 15.1 Å². The molecule has 0 aromatic rings. The lowest BCUT2D eigenvalue weighted by Crippen LogP contribution is -2.54. The van der Waals surface area contributed by atoms with E-state index in [2.05, 4.69) is 17.1 Å². The Morgan fingerprint density at radius 3 is 2.58 bits per heavy atom. The number of hydrogen-bond acceptors (Lipinski definition) is 3. The summed E-state index contributed by atoms with van der Waals surface area (Å²) >= 11 is 5.34.